The summed E-state index contributed by atoms with van der Waals surface area (Å²) in [6, 6.07) is 0. The molecule has 88 valence electrons. The van der Waals surface area contributed by atoms with Crippen LogP contribution in [0.4, 0.5) is 0 Å². The van der Waals surface area contributed by atoms with E-state index in [1.165, 1.54) is 0 Å². The van der Waals surface area contributed by atoms with Crippen LogP contribution in [0.2, 0.25) is 0 Å². The third-order valence-electron chi connectivity index (χ3n) is 1.20. The fraction of sp³-hybridized carbons (Fsp3) is 0.600. The molecule has 0 aliphatic rings. The van der Waals surface area contributed by atoms with Crippen LogP contribution in [0.3, 0.4) is 0 Å². The molecular weight excluding hydrogens is 248 g/mol. The van der Waals surface area contributed by atoms with Gasteiger partial charge in [-0.3, -0.25) is 12.6 Å². The fourth-order valence-electron chi connectivity index (χ4n) is 0.515. The molecule has 6 heteroatoms. The quantitative estimate of drug-likeness (QED) is 0.279. The summed E-state index contributed by atoms with van der Waals surface area (Å²) in [6.45, 7) is 0. The van der Waals surface area contributed by atoms with Crippen LogP contribution in [0.15, 0.2) is 0 Å². The number of aldehydes is 2. The monoisotopic (exact) mass is 262 g/mol. The molecule has 0 aromatic rings. The van der Waals surface area contributed by atoms with Crippen molar-refractivity contribution in [2.75, 3.05) is 0 Å². The Labute approximate surface area is 107 Å². The van der Waals surface area contributed by atoms with Crippen molar-refractivity contribution in [3.8, 4) is 0 Å². The van der Waals surface area contributed by atoms with Crippen molar-refractivity contribution >= 4 is 25.1 Å². The van der Waals surface area contributed by atoms with E-state index < -0.39 is 0 Å². The molecule has 0 saturated carbocycles. The van der Waals surface area contributed by atoms with Crippen molar-refractivity contribution in [1.82, 2.24) is 0 Å². The summed E-state index contributed by atoms with van der Waals surface area (Å²) in [5.41, 5.74) is 0. The predicted octanol–water partition coefficient (Wildman–Crippen LogP) is 0.809. The van der Waals surface area contributed by atoms with E-state index in [9.17, 15) is 19.2 Å². The number of unbranched alkanes of at least 4 members (excludes halogenated alkanes) is 4. The number of hydrogen-bond acceptors (Lipinski definition) is 5. The standard InChI is InChI=1S/2C5H7O2.O.Ti/c2*6-4-2-1-3-5-7;;/h2*4H,1-3H2;;/q2*-1;;+2. The van der Waals surface area contributed by atoms with Gasteiger partial charge in [-0.25, -0.2) is 0 Å². The molecule has 0 heterocycles. The molecule has 0 aliphatic heterocycles. The third kappa shape index (κ3) is 37.9. The minimum atomic E-state index is 0.388. The first-order valence-corrected chi connectivity index (χ1v) is 5.24. The third-order valence-corrected chi connectivity index (χ3v) is 1.20. The minimum absolute atomic E-state index is 0.388. The summed E-state index contributed by atoms with van der Waals surface area (Å²) in [5, 5.41) is 0. The second-order valence-corrected chi connectivity index (χ2v) is 2.41. The van der Waals surface area contributed by atoms with Crippen LogP contribution in [0.1, 0.15) is 38.5 Å². The molecule has 0 fully saturated rings. The zero-order chi connectivity index (χ0) is 13.1. The van der Waals surface area contributed by atoms with E-state index in [1.807, 2.05) is 0 Å². The first-order chi connectivity index (χ1) is 7.83. The van der Waals surface area contributed by atoms with Crippen molar-refractivity contribution in [2.24, 2.45) is 0 Å². The van der Waals surface area contributed by atoms with Gasteiger partial charge in [0.1, 0.15) is 12.6 Å². The van der Waals surface area contributed by atoms with Crippen LogP contribution in [-0.4, -0.2) is 25.1 Å². The van der Waals surface area contributed by atoms with E-state index in [1.54, 1.807) is 12.6 Å². The molecule has 0 unspecified atom stereocenters. The molecule has 0 atom stereocenters. The summed E-state index contributed by atoms with van der Waals surface area (Å²) in [6.07, 6.45) is 8.02. The van der Waals surface area contributed by atoms with Gasteiger partial charge in [0.05, 0.1) is 0 Å². The van der Waals surface area contributed by atoms with E-state index in [4.69, 9.17) is 3.32 Å². The second-order valence-electron chi connectivity index (χ2n) is 2.41. The van der Waals surface area contributed by atoms with Crippen molar-refractivity contribution in [3.63, 3.8) is 0 Å². The van der Waals surface area contributed by atoms with Crippen LogP contribution in [0, 0.1) is 0 Å². The van der Waals surface area contributed by atoms with Crippen molar-refractivity contribution in [2.45, 2.75) is 38.5 Å². The average Bonchev–Trinajstić information content (AvgIpc) is 2.34. The van der Waals surface area contributed by atoms with E-state index in [-0.39, 0.29) is 0 Å². The summed E-state index contributed by atoms with van der Waals surface area (Å²) >= 11 is 0.750. The Morgan fingerprint density at radius 2 is 1.12 bits per heavy atom. The van der Waals surface area contributed by atoms with Gasteiger partial charge in [-0.2, -0.15) is 12.8 Å². The van der Waals surface area contributed by atoms with Crippen LogP contribution in [-0.2, 0) is 42.9 Å². The Morgan fingerprint density at radius 1 is 0.812 bits per heavy atom. The maximum absolute atomic E-state index is 9.55. The molecule has 5 nitrogen and oxygen atoms in total. The fourth-order valence-corrected chi connectivity index (χ4v) is 0.515. The Hall–Kier alpha value is -0.806. The molecule has 0 bridgehead atoms. The molecule has 0 saturated heterocycles. The van der Waals surface area contributed by atoms with Crippen LogP contribution < -0.4 is 0 Å². The van der Waals surface area contributed by atoms with E-state index in [2.05, 4.69) is 0 Å². The summed E-state index contributed by atoms with van der Waals surface area (Å²) in [7, 11) is 0. The number of carbonyl (C=O) groups excluding carboxylic acids is 4. The van der Waals surface area contributed by atoms with Crippen molar-refractivity contribution in [1.29, 1.82) is 0 Å². The molecular formula is C10H14O5Ti. The topological polar surface area (TPSA) is 85.3 Å². The normalized spacial score (nSPS) is 7.38. The molecule has 0 aromatic carbocycles. The zero-order valence-electron chi connectivity index (χ0n) is 8.94. The van der Waals surface area contributed by atoms with Crippen LogP contribution in [0.25, 0.3) is 0 Å². The van der Waals surface area contributed by atoms with E-state index in [0.717, 1.165) is 33.0 Å². The summed E-state index contributed by atoms with van der Waals surface area (Å²) < 4.78 is 8.25. The Morgan fingerprint density at radius 3 is 1.31 bits per heavy atom. The Balaban J connectivity index is -0.000000183. The molecule has 0 rings (SSSR count). The van der Waals surface area contributed by atoms with Gasteiger partial charge in [-0.05, 0) is 0 Å². The maximum atomic E-state index is 9.55. The molecule has 0 amide bonds. The first kappa shape index (κ1) is 20.6. The predicted molar refractivity (Wildman–Crippen MR) is 51.9 cm³/mol. The Kier molecular flexibility index (Phi) is 37.6. The van der Waals surface area contributed by atoms with Crippen LogP contribution >= 0.6 is 0 Å². The second kappa shape index (κ2) is 29.2. The van der Waals surface area contributed by atoms with Gasteiger partial charge in [0.2, 0.25) is 0 Å². The van der Waals surface area contributed by atoms with Gasteiger partial charge < -0.3 is 19.2 Å². The Bertz CT molecular complexity index is 139. The van der Waals surface area contributed by atoms with Gasteiger partial charge in [-0.1, -0.05) is 12.8 Å². The van der Waals surface area contributed by atoms with Gasteiger partial charge in [0, 0.05) is 12.8 Å². The van der Waals surface area contributed by atoms with E-state index >= 15 is 0 Å². The van der Waals surface area contributed by atoms with Crippen molar-refractivity contribution < 1.29 is 42.9 Å². The zero-order valence-corrected chi connectivity index (χ0v) is 10.5. The molecule has 0 N–H and O–H groups in total. The summed E-state index contributed by atoms with van der Waals surface area (Å²) in [4.78, 5) is 38.0. The summed E-state index contributed by atoms with van der Waals surface area (Å²) in [5.74, 6) is 0. The molecule has 16 heavy (non-hydrogen) atoms. The van der Waals surface area contributed by atoms with E-state index in [0.29, 0.717) is 38.5 Å². The molecule has 0 aliphatic carbocycles. The van der Waals surface area contributed by atoms with Gasteiger partial charge >= 0.3 is 23.7 Å². The molecule has 0 spiro atoms. The van der Waals surface area contributed by atoms with Gasteiger partial charge in [0.25, 0.3) is 0 Å². The van der Waals surface area contributed by atoms with Gasteiger partial charge in [0.15, 0.2) is 0 Å². The first-order valence-electron chi connectivity index (χ1n) is 4.61. The van der Waals surface area contributed by atoms with Gasteiger partial charge in [-0.15, -0.1) is 0 Å². The average molecular weight is 262 g/mol. The van der Waals surface area contributed by atoms with Crippen molar-refractivity contribution in [3.05, 3.63) is 0 Å². The van der Waals surface area contributed by atoms with Crippen LogP contribution in [0.5, 0.6) is 0 Å². The number of rotatable bonds is 8. The number of carbonyl (C=O) groups is 2. The number of hydrogen-bond donors (Lipinski definition) is 0. The molecule has 0 radical (unpaired) electrons. The molecule has 0 aromatic heterocycles. The SMILES string of the molecule is O=[C-]CCCC=O.O=[C-]CCCC=O.[O]=[Ti+2].